The fourth-order valence-corrected chi connectivity index (χ4v) is 2.38. The minimum absolute atomic E-state index is 0.840. The van der Waals surface area contributed by atoms with E-state index in [2.05, 4.69) is 37.7 Å². The Kier molecular flexibility index (Phi) is 11.9. The van der Waals surface area contributed by atoms with Gasteiger partial charge in [-0.05, 0) is 65.3 Å². The molecule has 0 aromatic rings. The highest BCUT2D eigenvalue weighted by atomic mass is 15.2. The molecule has 3 heteroatoms. The van der Waals surface area contributed by atoms with E-state index in [1.807, 2.05) is 0 Å². The first-order valence-electron chi connectivity index (χ1n) is 7.71. The van der Waals surface area contributed by atoms with E-state index in [9.17, 15) is 0 Å². The van der Waals surface area contributed by atoms with Crippen molar-refractivity contribution in [3.05, 3.63) is 0 Å². The fourth-order valence-electron chi connectivity index (χ4n) is 2.38. The van der Waals surface area contributed by atoms with Gasteiger partial charge in [-0.2, -0.15) is 0 Å². The maximum atomic E-state index is 5.65. The second-order valence-electron chi connectivity index (χ2n) is 5.64. The van der Waals surface area contributed by atoms with Crippen molar-refractivity contribution in [1.29, 1.82) is 0 Å². The quantitative estimate of drug-likeness (QED) is 0.583. The van der Waals surface area contributed by atoms with Crippen LogP contribution >= 0.6 is 0 Å². The lowest BCUT2D eigenvalue weighted by atomic mass is 9.96. The third-order valence-corrected chi connectivity index (χ3v) is 3.64. The lowest BCUT2D eigenvalue weighted by Crippen LogP contribution is -2.33. The zero-order valence-electron chi connectivity index (χ0n) is 13.1. The third-order valence-electron chi connectivity index (χ3n) is 3.64. The first-order chi connectivity index (χ1) is 8.63. The minimum Gasteiger partial charge on any atom is -0.330 e. The van der Waals surface area contributed by atoms with Crippen LogP contribution < -0.4 is 5.73 Å². The molecule has 0 aliphatic carbocycles. The van der Waals surface area contributed by atoms with Gasteiger partial charge in [-0.15, -0.1) is 0 Å². The number of likely N-dealkylation sites (N-methyl/N-ethyl adjacent to an activating group) is 1. The molecule has 0 spiro atoms. The molecular formula is C15H35N3. The smallest absolute Gasteiger partial charge is 0.0109 e. The maximum Gasteiger partial charge on any atom is 0.0109 e. The number of nitrogens with zero attached hydrogens (tertiary/aromatic N) is 2. The molecule has 0 rings (SSSR count). The predicted molar refractivity (Wildman–Crippen MR) is 82.0 cm³/mol. The number of nitrogens with two attached hydrogens (primary N) is 1. The van der Waals surface area contributed by atoms with Crippen LogP contribution in [0, 0.1) is 5.92 Å². The molecule has 0 radical (unpaired) electrons. The van der Waals surface area contributed by atoms with Gasteiger partial charge in [0.2, 0.25) is 0 Å². The highest BCUT2D eigenvalue weighted by molar-refractivity contribution is 4.63. The first kappa shape index (κ1) is 17.9. The van der Waals surface area contributed by atoms with E-state index in [0.29, 0.717) is 0 Å². The summed E-state index contributed by atoms with van der Waals surface area (Å²) in [6.45, 7) is 10.3. The van der Waals surface area contributed by atoms with Crippen LogP contribution in [0.3, 0.4) is 0 Å². The summed E-state index contributed by atoms with van der Waals surface area (Å²) in [5, 5.41) is 0. The average Bonchev–Trinajstić information content (AvgIpc) is 2.34. The average molecular weight is 257 g/mol. The van der Waals surface area contributed by atoms with Gasteiger partial charge in [0.25, 0.3) is 0 Å². The number of hydrogen-bond donors (Lipinski definition) is 1. The first-order valence-corrected chi connectivity index (χ1v) is 7.71. The SMILES string of the molecule is CCCN(CCCC(CC)CCN)CCN(C)C. The van der Waals surface area contributed by atoms with Crippen LogP contribution in [0.5, 0.6) is 0 Å². The molecule has 0 fully saturated rings. The van der Waals surface area contributed by atoms with Crippen LogP contribution in [0.1, 0.15) is 46.0 Å². The largest absolute Gasteiger partial charge is 0.330 e. The van der Waals surface area contributed by atoms with Gasteiger partial charge in [0, 0.05) is 13.1 Å². The van der Waals surface area contributed by atoms with Crippen molar-refractivity contribution in [3.63, 3.8) is 0 Å². The van der Waals surface area contributed by atoms with Crippen molar-refractivity contribution in [2.75, 3.05) is 46.8 Å². The van der Waals surface area contributed by atoms with E-state index >= 15 is 0 Å². The number of rotatable bonds is 12. The molecule has 110 valence electrons. The molecule has 3 nitrogen and oxygen atoms in total. The van der Waals surface area contributed by atoms with E-state index in [1.54, 1.807) is 0 Å². The van der Waals surface area contributed by atoms with Crippen molar-refractivity contribution in [2.24, 2.45) is 11.7 Å². The summed E-state index contributed by atoms with van der Waals surface area (Å²) in [5.74, 6) is 0.840. The maximum absolute atomic E-state index is 5.65. The Morgan fingerprint density at radius 1 is 0.944 bits per heavy atom. The number of hydrogen-bond acceptors (Lipinski definition) is 3. The Morgan fingerprint density at radius 3 is 2.17 bits per heavy atom. The molecule has 0 bridgehead atoms. The van der Waals surface area contributed by atoms with Crippen LogP contribution in [0.2, 0.25) is 0 Å². The summed E-state index contributed by atoms with van der Waals surface area (Å²) in [6.07, 6.45) is 6.40. The summed E-state index contributed by atoms with van der Waals surface area (Å²) in [4.78, 5) is 4.88. The van der Waals surface area contributed by atoms with Crippen molar-refractivity contribution < 1.29 is 0 Å². The van der Waals surface area contributed by atoms with Gasteiger partial charge in [0.15, 0.2) is 0 Å². The van der Waals surface area contributed by atoms with Crippen LogP contribution in [0.15, 0.2) is 0 Å². The third kappa shape index (κ3) is 9.86. The summed E-state index contributed by atoms with van der Waals surface area (Å²) in [5.41, 5.74) is 5.65. The summed E-state index contributed by atoms with van der Waals surface area (Å²) in [7, 11) is 4.30. The van der Waals surface area contributed by atoms with Crippen LogP contribution in [0.4, 0.5) is 0 Å². The zero-order valence-corrected chi connectivity index (χ0v) is 13.1. The lowest BCUT2D eigenvalue weighted by molar-refractivity contribution is 0.231. The van der Waals surface area contributed by atoms with Gasteiger partial charge in [0.05, 0.1) is 0 Å². The lowest BCUT2D eigenvalue weighted by Gasteiger charge is -2.24. The van der Waals surface area contributed by atoms with Crippen molar-refractivity contribution in [2.45, 2.75) is 46.0 Å². The molecule has 1 unspecified atom stereocenters. The second kappa shape index (κ2) is 11.9. The van der Waals surface area contributed by atoms with Gasteiger partial charge < -0.3 is 15.5 Å². The van der Waals surface area contributed by atoms with Gasteiger partial charge in [-0.3, -0.25) is 0 Å². The zero-order chi connectivity index (χ0) is 13.8. The van der Waals surface area contributed by atoms with Gasteiger partial charge in [0.1, 0.15) is 0 Å². The van der Waals surface area contributed by atoms with E-state index in [4.69, 9.17) is 5.73 Å². The Labute approximate surface area is 115 Å². The van der Waals surface area contributed by atoms with E-state index in [0.717, 1.165) is 12.5 Å². The molecule has 2 N–H and O–H groups in total. The van der Waals surface area contributed by atoms with E-state index < -0.39 is 0 Å². The van der Waals surface area contributed by atoms with Gasteiger partial charge in [-0.25, -0.2) is 0 Å². The summed E-state index contributed by atoms with van der Waals surface area (Å²) >= 11 is 0. The molecule has 0 aliphatic rings. The summed E-state index contributed by atoms with van der Waals surface area (Å²) in [6, 6.07) is 0. The Balaban J connectivity index is 3.80. The monoisotopic (exact) mass is 257 g/mol. The van der Waals surface area contributed by atoms with Gasteiger partial charge in [-0.1, -0.05) is 20.3 Å². The molecule has 0 aliphatic heterocycles. The second-order valence-corrected chi connectivity index (χ2v) is 5.64. The molecular weight excluding hydrogens is 222 g/mol. The van der Waals surface area contributed by atoms with Crippen LogP contribution in [0.25, 0.3) is 0 Å². The highest BCUT2D eigenvalue weighted by Gasteiger charge is 2.08. The normalized spacial score (nSPS) is 13.5. The minimum atomic E-state index is 0.840. The molecule has 1 atom stereocenters. The molecule has 18 heavy (non-hydrogen) atoms. The van der Waals surface area contributed by atoms with Crippen molar-refractivity contribution >= 4 is 0 Å². The highest BCUT2D eigenvalue weighted by Crippen LogP contribution is 2.14. The molecule has 0 saturated heterocycles. The predicted octanol–water partition coefficient (Wildman–Crippen LogP) is 2.42. The van der Waals surface area contributed by atoms with Crippen LogP contribution in [-0.4, -0.2) is 56.6 Å². The Morgan fingerprint density at radius 2 is 1.67 bits per heavy atom. The van der Waals surface area contributed by atoms with E-state index in [1.165, 1.54) is 58.3 Å². The standard InChI is InChI=1S/C15H35N3/c1-5-11-18(14-13-17(3)4)12-7-8-15(6-2)9-10-16/h15H,5-14,16H2,1-4H3. The van der Waals surface area contributed by atoms with Crippen LogP contribution in [-0.2, 0) is 0 Å². The van der Waals surface area contributed by atoms with Crippen molar-refractivity contribution in [3.8, 4) is 0 Å². The topological polar surface area (TPSA) is 32.5 Å². The fraction of sp³-hybridized carbons (Fsp3) is 1.00. The van der Waals surface area contributed by atoms with Gasteiger partial charge >= 0.3 is 0 Å². The molecule has 0 saturated carbocycles. The Bertz CT molecular complexity index is 171. The molecule has 0 aromatic carbocycles. The van der Waals surface area contributed by atoms with Crippen molar-refractivity contribution in [1.82, 2.24) is 9.80 Å². The Hall–Kier alpha value is -0.120. The summed E-state index contributed by atoms with van der Waals surface area (Å²) < 4.78 is 0. The van der Waals surface area contributed by atoms with E-state index in [-0.39, 0.29) is 0 Å². The molecule has 0 heterocycles. The molecule has 0 aromatic heterocycles. The molecule has 0 amide bonds.